The first-order valence-corrected chi connectivity index (χ1v) is 8.68. The van der Waals surface area contributed by atoms with Gasteiger partial charge in [0.1, 0.15) is 5.75 Å². The van der Waals surface area contributed by atoms with E-state index in [0.29, 0.717) is 5.41 Å². The molecule has 116 valence electrons. The van der Waals surface area contributed by atoms with Gasteiger partial charge in [0.25, 0.3) is 0 Å². The quantitative estimate of drug-likeness (QED) is 0.844. The van der Waals surface area contributed by atoms with Crippen LogP contribution in [0.5, 0.6) is 5.75 Å². The zero-order valence-electron chi connectivity index (χ0n) is 13.2. The summed E-state index contributed by atoms with van der Waals surface area (Å²) in [6, 6.07) is 6.54. The fraction of sp³-hybridized carbons (Fsp3) is 0.667. The Labute approximate surface area is 136 Å². The molecule has 3 aliphatic rings. The van der Waals surface area contributed by atoms with E-state index >= 15 is 0 Å². The first-order valence-electron chi connectivity index (χ1n) is 7.88. The van der Waals surface area contributed by atoms with Gasteiger partial charge in [-0.1, -0.05) is 6.07 Å². The van der Waals surface area contributed by atoms with Gasteiger partial charge < -0.3 is 9.84 Å². The van der Waals surface area contributed by atoms with Crippen molar-refractivity contribution < 1.29 is 9.84 Å². The Kier molecular flexibility index (Phi) is 3.65. The maximum Gasteiger partial charge on any atom is 0.133 e. The Bertz CT molecular complexity index is 520. The summed E-state index contributed by atoms with van der Waals surface area (Å²) in [5.74, 6) is 0.896. The minimum atomic E-state index is -0.555. The van der Waals surface area contributed by atoms with E-state index in [0.717, 1.165) is 29.5 Å². The zero-order chi connectivity index (χ0) is 15.3. The summed E-state index contributed by atoms with van der Waals surface area (Å²) in [5.41, 5.74) is 1.32. The number of methoxy groups -OCH3 is 1. The molecular formula is C18H25BrO2. The molecule has 0 heterocycles. The van der Waals surface area contributed by atoms with E-state index in [1.807, 2.05) is 13.8 Å². The molecule has 3 aliphatic carbocycles. The first kappa shape index (κ1) is 15.4. The lowest BCUT2D eigenvalue weighted by Gasteiger charge is -2.58. The molecule has 21 heavy (non-hydrogen) atoms. The maximum atomic E-state index is 10.6. The van der Waals surface area contributed by atoms with E-state index in [1.54, 1.807) is 7.11 Å². The van der Waals surface area contributed by atoms with E-state index in [9.17, 15) is 5.11 Å². The lowest BCUT2D eigenvalue weighted by molar-refractivity contribution is -0.120. The second-order valence-corrected chi connectivity index (χ2v) is 8.32. The van der Waals surface area contributed by atoms with Crippen LogP contribution in [-0.2, 0) is 5.41 Å². The number of fused-ring (bicyclic) bond motifs is 3. The average Bonchev–Trinajstić information content (AvgIpc) is 2.48. The minimum Gasteiger partial charge on any atom is -0.496 e. The van der Waals surface area contributed by atoms with Crippen LogP contribution in [0.1, 0.15) is 57.9 Å². The van der Waals surface area contributed by atoms with Crippen molar-refractivity contribution in [3.8, 4) is 5.75 Å². The molecular weight excluding hydrogens is 328 g/mol. The molecule has 3 fully saturated rings. The summed E-state index contributed by atoms with van der Waals surface area (Å²) in [6.45, 7) is 3.99. The molecule has 0 aromatic heterocycles. The van der Waals surface area contributed by atoms with Crippen molar-refractivity contribution in [1.82, 2.24) is 0 Å². The molecule has 3 heteroatoms. The van der Waals surface area contributed by atoms with Crippen molar-refractivity contribution in [2.75, 3.05) is 7.11 Å². The average molecular weight is 353 g/mol. The molecule has 3 saturated carbocycles. The lowest BCUT2D eigenvalue weighted by Crippen LogP contribution is -2.53. The molecule has 1 N–H and O–H groups in total. The SMILES string of the molecule is COc1ccc(C23CCC(C(C)(C)O)(CC2)CC3)cc1Br. The zero-order valence-corrected chi connectivity index (χ0v) is 14.8. The molecule has 2 nitrogen and oxygen atoms in total. The summed E-state index contributed by atoms with van der Waals surface area (Å²) < 4.78 is 6.39. The van der Waals surface area contributed by atoms with Gasteiger partial charge in [0.15, 0.2) is 0 Å². The standard InChI is InChI=1S/C18H25BrO2/c1-16(2,20)18-9-6-17(7-10-18,8-11-18)13-4-5-15(21-3)14(19)12-13/h4-5,12,20H,6-11H2,1-3H3. The Morgan fingerprint density at radius 1 is 1.10 bits per heavy atom. The second kappa shape index (κ2) is 4.99. The van der Waals surface area contributed by atoms with E-state index in [-0.39, 0.29) is 5.41 Å². The molecule has 1 aromatic rings. The van der Waals surface area contributed by atoms with Gasteiger partial charge in [0, 0.05) is 0 Å². The summed E-state index contributed by atoms with van der Waals surface area (Å²) in [5, 5.41) is 10.6. The van der Waals surface area contributed by atoms with E-state index in [2.05, 4.69) is 34.1 Å². The van der Waals surface area contributed by atoms with E-state index in [4.69, 9.17) is 4.74 Å². The van der Waals surface area contributed by atoms with Gasteiger partial charge in [-0.2, -0.15) is 0 Å². The predicted octanol–water partition coefficient (Wildman–Crippen LogP) is 4.82. The summed E-state index contributed by atoms with van der Waals surface area (Å²) in [4.78, 5) is 0. The normalized spacial score (nSPS) is 32.2. The molecule has 0 spiro atoms. The van der Waals surface area contributed by atoms with E-state index in [1.165, 1.54) is 24.8 Å². The molecule has 1 aromatic carbocycles. The van der Waals surface area contributed by atoms with Crippen molar-refractivity contribution in [1.29, 1.82) is 0 Å². The van der Waals surface area contributed by atoms with Gasteiger partial charge in [0.05, 0.1) is 17.2 Å². The molecule has 0 amide bonds. The van der Waals surface area contributed by atoms with Crippen LogP contribution in [-0.4, -0.2) is 17.8 Å². The third kappa shape index (κ3) is 2.33. The fourth-order valence-corrected chi connectivity index (χ4v) is 5.07. The van der Waals surface area contributed by atoms with Crippen LogP contribution in [0.25, 0.3) is 0 Å². The van der Waals surface area contributed by atoms with Crippen LogP contribution in [0.4, 0.5) is 0 Å². The highest BCUT2D eigenvalue weighted by Crippen LogP contribution is 2.61. The largest absolute Gasteiger partial charge is 0.496 e. The van der Waals surface area contributed by atoms with Crippen molar-refractivity contribution in [3.05, 3.63) is 28.2 Å². The number of hydrogen-bond donors (Lipinski definition) is 1. The van der Waals surface area contributed by atoms with Gasteiger partial charge >= 0.3 is 0 Å². The van der Waals surface area contributed by atoms with Crippen LogP contribution in [0.2, 0.25) is 0 Å². The van der Waals surface area contributed by atoms with Crippen molar-refractivity contribution >= 4 is 15.9 Å². The number of benzene rings is 1. The summed E-state index contributed by atoms with van der Waals surface area (Å²) in [7, 11) is 1.71. The third-order valence-corrected chi connectivity index (χ3v) is 6.93. The highest BCUT2D eigenvalue weighted by atomic mass is 79.9. The Balaban J connectivity index is 1.88. The molecule has 0 saturated heterocycles. The molecule has 0 atom stereocenters. The second-order valence-electron chi connectivity index (χ2n) is 7.47. The molecule has 0 unspecified atom stereocenters. The number of ether oxygens (including phenoxy) is 1. The minimum absolute atomic E-state index is 0.137. The van der Waals surface area contributed by atoms with Crippen LogP contribution in [0.3, 0.4) is 0 Å². The summed E-state index contributed by atoms with van der Waals surface area (Å²) in [6.07, 6.45) is 6.99. The number of hydrogen-bond acceptors (Lipinski definition) is 2. The number of halogens is 1. The Morgan fingerprint density at radius 2 is 1.67 bits per heavy atom. The topological polar surface area (TPSA) is 29.5 Å². The number of aliphatic hydroxyl groups is 1. The Morgan fingerprint density at radius 3 is 2.10 bits per heavy atom. The van der Waals surface area contributed by atoms with Gasteiger partial charge in [0.2, 0.25) is 0 Å². The highest BCUT2D eigenvalue weighted by Gasteiger charge is 2.54. The van der Waals surface area contributed by atoms with Gasteiger partial charge in [-0.05, 0) is 96.8 Å². The van der Waals surface area contributed by atoms with Gasteiger partial charge in [-0.3, -0.25) is 0 Å². The molecule has 2 bridgehead atoms. The van der Waals surface area contributed by atoms with Gasteiger partial charge in [-0.15, -0.1) is 0 Å². The number of rotatable bonds is 3. The molecule has 0 radical (unpaired) electrons. The maximum absolute atomic E-state index is 10.6. The van der Waals surface area contributed by atoms with Crippen molar-refractivity contribution in [2.45, 2.75) is 63.4 Å². The Hall–Kier alpha value is -0.540. The highest BCUT2D eigenvalue weighted by molar-refractivity contribution is 9.10. The van der Waals surface area contributed by atoms with Crippen LogP contribution in [0.15, 0.2) is 22.7 Å². The summed E-state index contributed by atoms with van der Waals surface area (Å²) >= 11 is 3.62. The predicted molar refractivity (Wildman–Crippen MR) is 88.8 cm³/mol. The molecule has 0 aliphatic heterocycles. The monoisotopic (exact) mass is 352 g/mol. The van der Waals surface area contributed by atoms with E-state index < -0.39 is 5.60 Å². The third-order valence-electron chi connectivity index (χ3n) is 6.31. The van der Waals surface area contributed by atoms with Crippen LogP contribution in [0, 0.1) is 5.41 Å². The molecule has 4 rings (SSSR count). The van der Waals surface area contributed by atoms with Crippen LogP contribution >= 0.6 is 15.9 Å². The lowest BCUT2D eigenvalue weighted by atomic mass is 9.48. The fourth-order valence-electron chi connectivity index (χ4n) is 4.53. The first-order chi connectivity index (χ1) is 9.82. The van der Waals surface area contributed by atoms with Crippen molar-refractivity contribution in [3.63, 3.8) is 0 Å². The van der Waals surface area contributed by atoms with Crippen LogP contribution < -0.4 is 4.74 Å². The van der Waals surface area contributed by atoms with Crippen molar-refractivity contribution in [2.24, 2.45) is 5.41 Å². The van der Waals surface area contributed by atoms with Gasteiger partial charge in [-0.25, -0.2) is 0 Å². The smallest absolute Gasteiger partial charge is 0.133 e.